The summed E-state index contributed by atoms with van der Waals surface area (Å²) in [5, 5.41) is 2.75. The number of hydrogen-bond acceptors (Lipinski definition) is 2. The van der Waals surface area contributed by atoms with E-state index in [0.717, 1.165) is 5.56 Å². The Morgan fingerprint density at radius 1 is 1.29 bits per heavy atom. The van der Waals surface area contributed by atoms with Gasteiger partial charge >= 0.3 is 0 Å². The summed E-state index contributed by atoms with van der Waals surface area (Å²) in [6.07, 6.45) is 0.557. The van der Waals surface area contributed by atoms with Crippen LogP contribution in [0.5, 0.6) is 0 Å². The molecule has 4 nitrogen and oxygen atoms in total. The zero-order chi connectivity index (χ0) is 12.3. The van der Waals surface area contributed by atoms with E-state index in [1.165, 1.54) is 0 Å². The molecule has 1 fully saturated rings. The van der Waals surface area contributed by atoms with Crippen molar-refractivity contribution in [3.05, 3.63) is 35.9 Å². The molecular formula is C13H16N2O2. The highest BCUT2D eigenvalue weighted by Gasteiger charge is 2.31. The number of nitrogens with zero attached hydrogens (tertiary/aromatic N) is 1. The van der Waals surface area contributed by atoms with Crippen LogP contribution in [0.4, 0.5) is 0 Å². The molecule has 1 aromatic rings. The van der Waals surface area contributed by atoms with Gasteiger partial charge in [0.05, 0.1) is 6.54 Å². The Morgan fingerprint density at radius 3 is 2.65 bits per heavy atom. The van der Waals surface area contributed by atoms with E-state index in [1.807, 2.05) is 37.3 Å². The first-order valence-electron chi connectivity index (χ1n) is 5.82. The number of carbonyl (C=O) groups excluding carboxylic acids is 2. The summed E-state index contributed by atoms with van der Waals surface area (Å²) in [6, 6.07) is 9.31. The van der Waals surface area contributed by atoms with E-state index in [2.05, 4.69) is 5.32 Å². The van der Waals surface area contributed by atoms with Crippen LogP contribution in [0.3, 0.4) is 0 Å². The lowest BCUT2D eigenvalue weighted by molar-refractivity contribution is -0.144. The Bertz CT molecular complexity index is 417. The lowest BCUT2D eigenvalue weighted by atomic mass is 10.0. The Morgan fingerprint density at radius 2 is 2.00 bits per heavy atom. The average Bonchev–Trinajstić information content (AvgIpc) is 2.34. The summed E-state index contributed by atoms with van der Waals surface area (Å²) in [6.45, 7) is 2.65. The first-order valence-corrected chi connectivity index (χ1v) is 5.82. The summed E-state index contributed by atoms with van der Waals surface area (Å²) in [5.74, 6) is -0.0664. The van der Waals surface area contributed by atoms with Crippen LogP contribution in [0.25, 0.3) is 0 Å². The largest absolute Gasteiger partial charge is 0.342 e. The van der Waals surface area contributed by atoms with Crippen molar-refractivity contribution in [1.82, 2.24) is 10.2 Å². The number of nitrogens with one attached hydrogen (secondary N) is 1. The van der Waals surface area contributed by atoms with E-state index >= 15 is 0 Å². The number of carbonyl (C=O) groups is 2. The zero-order valence-corrected chi connectivity index (χ0v) is 9.85. The van der Waals surface area contributed by atoms with Crippen LogP contribution >= 0.6 is 0 Å². The smallest absolute Gasteiger partial charge is 0.245 e. The van der Waals surface area contributed by atoms with Gasteiger partial charge in [-0.3, -0.25) is 9.59 Å². The fraction of sp³-hybridized carbons (Fsp3) is 0.385. The summed E-state index contributed by atoms with van der Waals surface area (Å²) < 4.78 is 0. The molecule has 1 saturated heterocycles. The van der Waals surface area contributed by atoms with Gasteiger partial charge in [-0.2, -0.15) is 0 Å². The van der Waals surface area contributed by atoms with Gasteiger partial charge in [-0.1, -0.05) is 30.3 Å². The van der Waals surface area contributed by atoms with Crippen LogP contribution in [0.2, 0.25) is 0 Å². The number of amides is 2. The molecule has 2 amide bonds. The van der Waals surface area contributed by atoms with Gasteiger partial charge in [-0.15, -0.1) is 0 Å². The molecule has 1 aliphatic rings. The molecule has 0 saturated carbocycles. The maximum Gasteiger partial charge on any atom is 0.245 e. The topological polar surface area (TPSA) is 49.4 Å². The molecule has 90 valence electrons. The second-order valence-corrected chi connectivity index (χ2v) is 4.16. The molecule has 1 aliphatic heterocycles. The normalized spacial score (nSPS) is 20.3. The first-order chi connectivity index (χ1) is 8.20. The molecule has 0 bridgehead atoms. The van der Waals surface area contributed by atoms with Gasteiger partial charge in [-0.05, 0) is 12.5 Å². The molecule has 1 N–H and O–H groups in total. The minimum atomic E-state index is -0.418. The summed E-state index contributed by atoms with van der Waals surface area (Å²) in [5.41, 5.74) is 1.06. The van der Waals surface area contributed by atoms with Gasteiger partial charge < -0.3 is 10.2 Å². The highest BCUT2D eigenvalue weighted by atomic mass is 16.2. The lowest BCUT2D eigenvalue weighted by Crippen LogP contribution is -2.58. The predicted octanol–water partition coefficient (Wildman–Crippen LogP) is 0.576. The van der Waals surface area contributed by atoms with Gasteiger partial charge in [0.25, 0.3) is 0 Å². The fourth-order valence-electron chi connectivity index (χ4n) is 2.03. The van der Waals surface area contributed by atoms with Crippen molar-refractivity contribution < 1.29 is 9.59 Å². The molecule has 0 aliphatic carbocycles. The van der Waals surface area contributed by atoms with Gasteiger partial charge in [0.2, 0.25) is 11.8 Å². The average molecular weight is 232 g/mol. The van der Waals surface area contributed by atoms with Gasteiger partial charge in [0.15, 0.2) is 0 Å². The predicted molar refractivity (Wildman–Crippen MR) is 64.3 cm³/mol. The minimum Gasteiger partial charge on any atom is -0.342 e. The van der Waals surface area contributed by atoms with Crippen LogP contribution in [0.15, 0.2) is 30.3 Å². The number of piperazine rings is 1. The van der Waals surface area contributed by atoms with Crippen LogP contribution in [-0.4, -0.2) is 35.8 Å². The standard InChI is InChI=1S/C13H16N2O2/c1-2-15-9-12(16)14-11(13(15)17)8-10-6-4-3-5-7-10/h3-7,11H,2,8-9H2,1H3,(H,14,16). The number of benzene rings is 1. The highest BCUT2D eigenvalue weighted by molar-refractivity contribution is 5.94. The zero-order valence-electron chi connectivity index (χ0n) is 9.85. The summed E-state index contributed by atoms with van der Waals surface area (Å²) >= 11 is 0. The van der Waals surface area contributed by atoms with Crippen molar-refractivity contribution in [2.24, 2.45) is 0 Å². The maximum atomic E-state index is 12.0. The number of hydrogen-bond donors (Lipinski definition) is 1. The molecule has 0 radical (unpaired) electrons. The van der Waals surface area contributed by atoms with Crippen molar-refractivity contribution in [3.8, 4) is 0 Å². The SMILES string of the molecule is CCN1CC(=O)NC(Cc2ccccc2)C1=O. The van der Waals surface area contributed by atoms with E-state index in [9.17, 15) is 9.59 Å². The fourth-order valence-corrected chi connectivity index (χ4v) is 2.03. The second-order valence-electron chi connectivity index (χ2n) is 4.16. The van der Waals surface area contributed by atoms with Crippen LogP contribution in [0.1, 0.15) is 12.5 Å². The molecule has 4 heteroatoms. The monoisotopic (exact) mass is 232 g/mol. The van der Waals surface area contributed by atoms with Crippen LogP contribution in [-0.2, 0) is 16.0 Å². The van der Waals surface area contributed by atoms with Gasteiger partial charge in [-0.25, -0.2) is 0 Å². The highest BCUT2D eigenvalue weighted by Crippen LogP contribution is 2.09. The van der Waals surface area contributed by atoms with Crippen molar-refractivity contribution in [1.29, 1.82) is 0 Å². The van der Waals surface area contributed by atoms with Gasteiger partial charge in [0, 0.05) is 13.0 Å². The Labute approximate surface area is 101 Å². The third-order valence-corrected chi connectivity index (χ3v) is 2.94. The molecule has 0 spiro atoms. The Balaban J connectivity index is 2.09. The lowest BCUT2D eigenvalue weighted by Gasteiger charge is -2.31. The van der Waals surface area contributed by atoms with E-state index in [4.69, 9.17) is 0 Å². The third-order valence-electron chi connectivity index (χ3n) is 2.94. The summed E-state index contributed by atoms with van der Waals surface area (Å²) in [4.78, 5) is 25.1. The number of likely N-dealkylation sites (N-methyl/N-ethyl adjacent to an activating group) is 1. The van der Waals surface area contributed by atoms with E-state index < -0.39 is 6.04 Å². The van der Waals surface area contributed by atoms with Crippen molar-refractivity contribution in [3.63, 3.8) is 0 Å². The third kappa shape index (κ3) is 2.64. The quantitative estimate of drug-likeness (QED) is 0.828. The number of rotatable bonds is 3. The van der Waals surface area contributed by atoms with Crippen LogP contribution in [0, 0.1) is 0 Å². The van der Waals surface area contributed by atoms with Crippen LogP contribution < -0.4 is 5.32 Å². The van der Waals surface area contributed by atoms with Gasteiger partial charge in [0.1, 0.15) is 6.04 Å². The molecule has 17 heavy (non-hydrogen) atoms. The molecule has 1 atom stereocenters. The first kappa shape index (κ1) is 11.6. The molecule has 0 aromatic heterocycles. The molecule has 1 aromatic carbocycles. The Hall–Kier alpha value is -1.84. The molecule has 1 unspecified atom stereocenters. The summed E-state index contributed by atoms with van der Waals surface area (Å²) in [7, 11) is 0. The van der Waals surface area contributed by atoms with E-state index in [0.29, 0.717) is 13.0 Å². The molecular weight excluding hydrogens is 216 g/mol. The Kier molecular flexibility index (Phi) is 3.42. The van der Waals surface area contributed by atoms with Crippen molar-refractivity contribution >= 4 is 11.8 Å². The van der Waals surface area contributed by atoms with E-state index in [1.54, 1.807) is 4.90 Å². The van der Waals surface area contributed by atoms with Crippen molar-refractivity contribution in [2.75, 3.05) is 13.1 Å². The van der Waals surface area contributed by atoms with E-state index in [-0.39, 0.29) is 18.4 Å². The molecule has 2 rings (SSSR count). The second kappa shape index (κ2) is 4.99. The molecule has 1 heterocycles. The minimum absolute atomic E-state index is 0.0101. The van der Waals surface area contributed by atoms with Crippen molar-refractivity contribution in [2.45, 2.75) is 19.4 Å². The maximum absolute atomic E-state index is 12.0.